The summed E-state index contributed by atoms with van der Waals surface area (Å²) in [6.07, 6.45) is 0.112. The average molecular weight is 330 g/mol. The number of rotatable bonds is 5. The highest BCUT2D eigenvalue weighted by Crippen LogP contribution is 2.37. The summed E-state index contributed by atoms with van der Waals surface area (Å²) in [5.74, 6) is 0.691. The zero-order valence-electron chi connectivity index (χ0n) is 12.7. The molecule has 0 bridgehead atoms. The first-order valence-electron chi connectivity index (χ1n) is 7.31. The maximum absolute atomic E-state index is 12.7. The van der Waals surface area contributed by atoms with Crippen LogP contribution in [0.15, 0.2) is 48.5 Å². The van der Waals surface area contributed by atoms with Gasteiger partial charge in [0.05, 0.1) is 13.2 Å². The predicted octanol–water partition coefficient (Wildman–Crippen LogP) is 3.55. The molecule has 0 aromatic heterocycles. The molecule has 5 heteroatoms. The van der Waals surface area contributed by atoms with Gasteiger partial charge in [0, 0.05) is 18.5 Å². The molecular weight excluding hydrogens is 314 g/mol. The van der Waals surface area contributed by atoms with E-state index in [4.69, 9.17) is 16.3 Å². The van der Waals surface area contributed by atoms with E-state index in [1.807, 2.05) is 42.5 Å². The lowest BCUT2D eigenvalue weighted by Crippen LogP contribution is -2.28. The molecule has 0 N–H and O–H groups in total. The van der Waals surface area contributed by atoms with Crippen molar-refractivity contribution < 1.29 is 14.3 Å². The molecule has 0 radical (unpaired) electrons. The Labute approximate surface area is 139 Å². The van der Waals surface area contributed by atoms with Crippen molar-refractivity contribution in [2.75, 3.05) is 7.11 Å². The van der Waals surface area contributed by atoms with E-state index in [-0.39, 0.29) is 18.4 Å². The topological polar surface area (TPSA) is 46.6 Å². The van der Waals surface area contributed by atoms with E-state index in [1.54, 1.807) is 18.1 Å². The first kappa shape index (κ1) is 15.6. The van der Waals surface area contributed by atoms with Crippen LogP contribution in [0.3, 0.4) is 0 Å². The lowest BCUT2D eigenvalue weighted by Gasteiger charge is -2.24. The van der Waals surface area contributed by atoms with Crippen molar-refractivity contribution in [1.29, 1.82) is 0 Å². The number of ether oxygens (including phenoxy) is 1. The van der Waals surface area contributed by atoms with E-state index in [2.05, 4.69) is 0 Å². The van der Waals surface area contributed by atoms with Crippen molar-refractivity contribution >= 4 is 22.8 Å². The molecule has 23 heavy (non-hydrogen) atoms. The van der Waals surface area contributed by atoms with Crippen LogP contribution < -0.4 is 4.74 Å². The van der Waals surface area contributed by atoms with E-state index in [0.29, 0.717) is 12.1 Å². The van der Waals surface area contributed by atoms with E-state index >= 15 is 0 Å². The minimum atomic E-state index is -0.445. The molecule has 1 atom stereocenters. The number of fused-ring (bicyclic) bond motifs is 1. The van der Waals surface area contributed by atoms with Gasteiger partial charge in [-0.1, -0.05) is 30.3 Å². The number of nitrogens with zero attached hydrogens (tertiary/aromatic N) is 1. The molecule has 2 aromatic carbocycles. The fourth-order valence-corrected chi connectivity index (χ4v) is 3.07. The van der Waals surface area contributed by atoms with Gasteiger partial charge in [-0.2, -0.15) is 0 Å². The summed E-state index contributed by atoms with van der Waals surface area (Å²) in [5, 5.41) is -0.445. The summed E-state index contributed by atoms with van der Waals surface area (Å²) in [6, 6.07) is 14.6. The van der Waals surface area contributed by atoms with Crippen LogP contribution in [-0.2, 0) is 11.3 Å². The van der Waals surface area contributed by atoms with Crippen LogP contribution in [0.5, 0.6) is 5.75 Å². The van der Waals surface area contributed by atoms with Gasteiger partial charge in [0.25, 0.3) is 5.91 Å². The predicted molar refractivity (Wildman–Crippen MR) is 87.5 cm³/mol. The fourth-order valence-electron chi connectivity index (χ4n) is 2.93. The van der Waals surface area contributed by atoms with Gasteiger partial charge in [-0.25, -0.2) is 0 Å². The summed E-state index contributed by atoms with van der Waals surface area (Å²) in [5.41, 5.74) is 2.47. The van der Waals surface area contributed by atoms with Gasteiger partial charge in [0.15, 0.2) is 0 Å². The van der Waals surface area contributed by atoms with Crippen molar-refractivity contribution in [2.45, 2.75) is 19.0 Å². The molecule has 1 aliphatic heterocycles. The quantitative estimate of drug-likeness (QED) is 0.788. The zero-order chi connectivity index (χ0) is 16.4. The molecule has 0 spiro atoms. The number of hydrogen-bond acceptors (Lipinski definition) is 3. The number of hydrogen-bond donors (Lipinski definition) is 0. The highest BCUT2D eigenvalue weighted by molar-refractivity contribution is 6.63. The Balaban J connectivity index is 1.90. The molecule has 1 aliphatic rings. The lowest BCUT2D eigenvalue weighted by atomic mass is 10.0. The average Bonchev–Trinajstić information content (AvgIpc) is 2.81. The Kier molecular flexibility index (Phi) is 4.35. The highest BCUT2D eigenvalue weighted by Gasteiger charge is 2.37. The van der Waals surface area contributed by atoms with Gasteiger partial charge >= 0.3 is 0 Å². The monoisotopic (exact) mass is 329 g/mol. The van der Waals surface area contributed by atoms with E-state index in [1.165, 1.54) is 0 Å². The maximum atomic E-state index is 12.7. The van der Waals surface area contributed by atoms with Crippen LogP contribution in [0.2, 0.25) is 0 Å². The summed E-state index contributed by atoms with van der Waals surface area (Å²) in [6.45, 7) is 0.423. The van der Waals surface area contributed by atoms with Gasteiger partial charge in [0.2, 0.25) is 5.24 Å². The first-order chi connectivity index (χ1) is 11.1. The van der Waals surface area contributed by atoms with Crippen molar-refractivity contribution in [2.24, 2.45) is 0 Å². The standard InChI is InChI=1S/C18H16ClNO3/c1-23-13-8-6-12(7-9-13)11-20-16(10-17(19)21)14-4-2-3-5-15(14)18(20)22/h2-9,16H,10-11H2,1H3. The van der Waals surface area contributed by atoms with Gasteiger partial charge < -0.3 is 9.64 Å². The summed E-state index contributed by atoms with van der Waals surface area (Å²) in [4.78, 5) is 25.8. The Hall–Kier alpha value is -2.33. The molecule has 0 saturated heterocycles. The Morgan fingerprint density at radius 1 is 1.17 bits per heavy atom. The first-order valence-corrected chi connectivity index (χ1v) is 7.69. The van der Waals surface area contributed by atoms with Gasteiger partial charge in [-0.05, 0) is 40.9 Å². The number of carbonyl (C=O) groups is 2. The molecule has 3 rings (SSSR count). The van der Waals surface area contributed by atoms with Crippen LogP contribution >= 0.6 is 11.6 Å². The number of benzene rings is 2. The molecule has 1 heterocycles. The molecule has 0 saturated carbocycles. The third kappa shape index (κ3) is 3.08. The second kappa shape index (κ2) is 6.42. The third-order valence-electron chi connectivity index (χ3n) is 4.05. The molecule has 2 aromatic rings. The molecule has 4 nitrogen and oxygen atoms in total. The fraction of sp³-hybridized carbons (Fsp3) is 0.222. The summed E-state index contributed by atoms with van der Waals surface area (Å²) < 4.78 is 5.14. The Bertz CT molecular complexity index is 742. The van der Waals surface area contributed by atoms with Crippen molar-refractivity contribution in [3.8, 4) is 5.75 Å². The summed E-state index contributed by atoms with van der Waals surface area (Å²) >= 11 is 5.59. The largest absolute Gasteiger partial charge is 0.497 e. The molecule has 0 aliphatic carbocycles. The number of carbonyl (C=O) groups excluding carboxylic acids is 2. The van der Waals surface area contributed by atoms with E-state index in [9.17, 15) is 9.59 Å². The molecular formula is C18H16ClNO3. The van der Waals surface area contributed by atoms with E-state index < -0.39 is 5.24 Å². The van der Waals surface area contributed by atoms with Crippen LogP contribution in [0.25, 0.3) is 0 Å². The number of amides is 1. The molecule has 1 unspecified atom stereocenters. The SMILES string of the molecule is COc1ccc(CN2C(=O)c3ccccc3C2CC(=O)Cl)cc1. The summed E-state index contributed by atoms with van der Waals surface area (Å²) in [7, 11) is 1.61. The van der Waals surface area contributed by atoms with Crippen LogP contribution in [-0.4, -0.2) is 23.2 Å². The zero-order valence-corrected chi connectivity index (χ0v) is 13.4. The van der Waals surface area contributed by atoms with Crippen molar-refractivity contribution in [1.82, 2.24) is 4.90 Å². The van der Waals surface area contributed by atoms with Crippen molar-refractivity contribution in [3.05, 3.63) is 65.2 Å². The number of methoxy groups -OCH3 is 1. The van der Waals surface area contributed by atoms with Gasteiger partial charge in [-0.15, -0.1) is 0 Å². The van der Waals surface area contributed by atoms with Gasteiger partial charge in [0.1, 0.15) is 5.75 Å². The van der Waals surface area contributed by atoms with E-state index in [0.717, 1.165) is 16.9 Å². The van der Waals surface area contributed by atoms with Gasteiger partial charge in [-0.3, -0.25) is 9.59 Å². The Morgan fingerprint density at radius 3 is 2.52 bits per heavy atom. The maximum Gasteiger partial charge on any atom is 0.255 e. The third-order valence-corrected chi connectivity index (χ3v) is 4.21. The lowest BCUT2D eigenvalue weighted by molar-refractivity contribution is -0.112. The Morgan fingerprint density at radius 2 is 1.87 bits per heavy atom. The van der Waals surface area contributed by atoms with Crippen molar-refractivity contribution in [3.63, 3.8) is 0 Å². The minimum absolute atomic E-state index is 0.0701. The smallest absolute Gasteiger partial charge is 0.255 e. The molecule has 0 fully saturated rings. The molecule has 118 valence electrons. The van der Waals surface area contributed by atoms with Crippen LogP contribution in [0, 0.1) is 0 Å². The minimum Gasteiger partial charge on any atom is -0.497 e. The van der Waals surface area contributed by atoms with Crippen LogP contribution in [0.1, 0.15) is 33.9 Å². The van der Waals surface area contributed by atoms with Crippen LogP contribution in [0.4, 0.5) is 0 Å². The second-order valence-electron chi connectivity index (χ2n) is 5.44. The molecule has 1 amide bonds. The number of halogens is 1. The second-order valence-corrected chi connectivity index (χ2v) is 5.86. The normalized spacial score (nSPS) is 16.3. The highest BCUT2D eigenvalue weighted by atomic mass is 35.5.